The lowest BCUT2D eigenvalue weighted by molar-refractivity contribution is -0.216. The maximum absolute atomic E-state index is 11.6. The zero-order chi connectivity index (χ0) is 33.4. The standard InChI is InChI=1S/C32H50O6.C3H6O2.CH4O/c1-28(2,35)17-20-6-7-22-24(37-20)16-23-21-8-9-25-29(3,4)26(38-27(18-34)36-15-14-33)10-11-32(25)19-31(21,32)13-12-30(22,23)5;1-3(4)5-2;1-2/h14,18,20-27,35H,6-13,15-17,19H2,1-5H3;1-2H3;2H,1H3/t20?,21?,22-,23?,24?,25?,26-,27?,30?,31-,32?;;/m0../s1. The fraction of sp³-hybridized carbons (Fsp3) is 0.917. The van der Waals surface area contributed by atoms with Gasteiger partial charge in [-0.3, -0.25) is 9.59 Å². The zero-order valence-electron chi connectivity index (χ0n) is 29.0. The van der Waals surface area contributed by atoms with Gasteiger partial charge in [0.15, 0.2) is 6.29 Å². The van der Waals surface area contributed by atoms with E-state index in [2.05, 4.69) is 25.5 Å². The largest absolute Gasteiger partial charge is 0.469 e. The number of aliphatic hydroxyl groups excluding tert-OH is 1. The Morgan fingerprint density at radius 2 is 1.64 bits per heavy atom. The van der Waals surface area contributed by atoms with Crippen LogP contribution in [0.25, 0.3) is 0 Å². The number of rotatable bonds is 8. The van der Waals surface area contributed by atoms with Gasteiger partial charge in [0.1, 0.15) is 12.9 Å². The van der Waals surface area contributed by atoms with Crippen molar-refractivity contribution in [3.8, 4) is 0 Å². The van der Waals surface area contributed by atoms with Gasteiger partial charge in [0.05, 0.1) is 31.0 Å². The highest BCUT2D eigenvalue weighted by Crippen LogP contribution is 2.87. The summed E-state index contributed by atoms with van der Waals surface area (Å²) in [7, 11) is 2.35. The Bertz CT molecular complexity index is 1050. The van der Waals surface area contributed by atoms with Gasteiger partial charge in [-0.25, -0.2) is 0 Å². The van der Waals surface area contributed by atoms with Gasteiger partial charge in [0, 0.05) is 20.5 Å². The van der Waals surface area contributed by atoms with E-state index in [9.17, 15) is 19.5 Å². The van der Waals surface area contributed by atoms with Crippen molar-refractivity contribution in [1.82, 2.24) is 0 Å². The van der Waals surface area contributed by atoms with Crippen LogP contribution in [-0.2, 0) is 33.3 Å². The van der Waals surface area contributed by atoms with Crippen LogP contribution < -0.4 is 0 Å². The molecule has 0 aromatic rings. The van der Waals surface area contributed by atoms with Gasteiger partial charge >= 0.3 is 5.97 Å². The monoisotopic (exact) mass is 636 g/mol. The van der Waals surface area contributed by atoms with E-state index in [0.717, 1.165) is 38.2 Å². The van der Waals surface area contributed by atoms with Crippen LogP contribution in [0.15, 0.2) is 0 Å². The molecule has 5 aliphatic carbocycles. The fourth-order valence-electron chi connectivity index (χ4n) is 11.7. The molecule has 45 heavy (non-hydrogen) atoms. The van der Waals surface area contributed by atoms with E-state index in [1.165, 1.54) is 65.4 Å². The molecule has 9 nitrogen and oxygen atoms in total. The molecule has 0 radical (unpaired) electrons. The van der Waals surface area contributed by atoms with Crippen LogP contribution in [0, 0.1) is 45.3 Å². The number of hydrogen-bond acceptors (Lipinski definition) is 9. The van der Waals surface area contributed by atoms with Gasteiger partial charge in [-0.1, -0.05) is 20.8 Å². The maximum atomic E-state index is 11.6. The molecule has 1 heterocycles. The summed E-state index contributed by atoms with van der Waals surface area (Å²) >= 11 is 0. The molecule has 1 aliphatic heterocycles. The van der Waals surface area contributed by atoms with Crippen molar-refractivity contribution >= 4 is 18.5 Å². The van der Waals surface area contributed by atoms with Crippen LogP contribution in [-0.4, -0.2) is 79.8 Å². The molecule has 8 unspecified atom stereocenters. The van der Waals surface area contributed by atoms with Gasteiger partial charge in [0.2, 0.25) is 6.29 Å². The van der Waals surface area contributed by atoms with E-state index in [1.807, 2.05) is 13.8 Å². The van der Waals surface area contributed by atoms with Crippen molar-refractivity contribution in [2.75, 3.05) is 20.8 Å². The number of fused-ring (bicyclic) bond motifs is 4. The second-order valence-electron chi connectivity index (χ2n) is 16.3. The molecular formula is C36H60O9. The van der Waals surface area contributed by atoms with Crippen LogP contribution in [0.1, 0.15) is 112 Å². The van der Waals surface area contributed by atoms with E-state index in [1.54, 1.807) is 0 Å². The van der Waals surface area contributed by atoms with Crippen LogP contribution in [0.2, 0.25) is 0 Å². The molecule has 9 heteroatoms. The number of aliphatic hydroxyl groups is 2. The van der Waals surface area contributed by atoms with E-state index in [-0.39, 0.29) is 30.2 Å². The van der Waals surface area contributed by atoms with Gasteiger partial charge in [-0.15, -0.1) is 0 Å². The number of carbonyl (C=O) groups is 3. The minimum Gasteiger partial charge on any atom is -0.469 e. The van der Waals surface area contributed by atoms with Gasteiger partial charge in [0.25, 0.3) is 0 Å². The number of ether oxygens (including phenoxy) is 4. The Labute approximate surface area is 270 Å². The molecule has 0 amide bonds. The number of methoxy groups -OCH3 is 1. The van der Waals surface area contributed by atoms with Crippen LogP contribution in [0.4, 0.5) is 0 Å². The third kappa shape index (κ3) is 6.55. The predicted octanol–water partition coefficient (Wildman–Crippen LogP) is 5.27. The Kier molecular flexibility index (Phi) is 11.0. The molecule has 0 bridgehead atoms. The average Bonchev–Trinajstić information content (AvgIpc) is 3.56. The Balaban J connectivity index is 0.000000602. The second kappa shape index (κ2) is 13.6. The van der Waals surface area contributed by atoms with Crippen molar-refractivity contribution < 1.29 is 43.5 Å². The third-order valence-electron chi connectivity index (χ3n) is 13.4. The summed E-state index contributed by atoms with van der Waals surface area (Å²) in [6.45, 7) is 12.4. The molecule has 2 spiro atoms. The van der Waals surface area contributed by atoms with Gasteiger partial charge in [-0.05, 0) is 123 Å². The summed E-state index contributed by atoms with van der Waals surface area (Å²) in [5.74, 6) is 2.57. The average molecular weight is 637 g/mol. The Morgan fingerprint density at radius 3 is 2.24 bits per heavy atom. The quantitative estimate of drug-likeness (QED) is 0.208. The Hall–Kier alpha value is -1.39. The SMILES string of the molecule is CC(C)(O)CC1CC[C@H]2C(CC3C4CCC5C(C)(C)[C@@H](OC(C=O)OCC=O)CCC56C[C@@]46CCC32C)O1.CO.COC(C)=O. The van der Waals surface area contributed by atoms with E-state index >= 15 is 0 Å². The first kappa shape index (κ1) is 36.4. The summed E-state index contributed by atoms with van der Waals surface area (Å²) in [6.07, 6.45) is 14.0. The van der Waals surface area contributed by atoms with Gasteiger partial charge < -0.3 is 34.0 Å². The molecule has 6 aliphatic rings. The summed E-state index contributed by atoms with van der Waals surface area (Å²) in [5, 5.41) is 17.4. The molecule has 1 saturated heterocycles. The van der Waals surface area contributed by atoms with Crippen molar-refractivity contribution in [1.29, 1.82) is 0 Å². The van der Waals surface area contributed by atoms with E-state index in [0.29, 0.717) is 46.8 Å². The first-order valence-corrected chi connectivity index (χ1v) is 17.2. The number of hydrogen-bond donors (Lipinski definition) is 2. The van der Waals surface area contributed by atoms with Gasteiger partial charge in [-0.2, -0.15) is 0 Å². The van der Waals surface area contributed by atoms with Crippen molar-refractivity contribution in [2.24, 2.45) is 45.3 Å². The second-order valence-corrected chi connectivity index (χ2v) is 16.3. The normalized spacial score (nSPS) is 42.7. The number of aldehydes is 2. The lowest BCUT2D eigenvalue weighted by atomic mass is 9.46. The highest BCUT2D eigenvalue weighted by atomic mass is 16.7. The van der Waals surface area contributed by atoms with Crippen molar-refractivity contribution in [3.63, 3.8) is 0 Å². The molecule has 0 aromatic carbocycles. The Morgan fingerprint density at radius 1 is 0.978 bits per heavy atom. The maximum Gasteiger partial charge on any atom is 0.302 e. The summed E-state index contributed by atoms with van der Waals surface area (Å²) in [4.78, 5) is 31.9. The lowest BCUT2D eigenvalue weighted by Crippen LogP contribution is -2.55. The highest BCUT2D eigenvalue weighted by Gasteiger charge is 2.80. The topological polar surface area (TPSA) is 129 Å². The number of carbonyl (C=O) groups excluding carboxylic acids is 3. The predicted molar refractivity (Wildman–Crippen MR) is 169 cm³/mol. The molecule has 6 rings (SSSR count). The van der Waals surface area contributed by atoms with Crippen LogP contribution >= 0.6 is 0 Å². The van der Waals surface area contributed by atoms with Crippen molar-refractivity contribution in [3.05, 3.63) is 0 Å². The van der Waals surface area contributed by atoms with Crippen LogP contribution in [0.3, 0.4) is 0 Å². The molecule has 2 N–H and O–H groups in total. The summed E-state index contributed by atoms with van der Waals surface area (Å²) < 4.78 is 22.4. The summed E-state index contributed by atoms with van der Waals surface area (Å²) in [5.41, 5.74) is 0.576. The fourth-order valence-corrected chi connectivity index (χ4v) is 11.7. The smallest absolute Gasteiger partial charge is 0.302 e. The third-order valence-corrected chi connectivity index (χ3v) is 13.4. The molecule has 5 saturated carbocycles. The molecule has 6 fully saturated rings. The molecule has 0 aromatic heterocycles. The summed E-state index contributed by atoms with van der Waals surface area (Å²) in [6, 6.07) is 0. The highest BCUT2D eigenvalue weighted by molar-refractivity contribution is 5.65. The zero-order valence-corrected chi connectivity index (χ0v) is 29.0. The lowest BCUT2D eigenvalue weighted by Gasteiger charge is -2.59. The first-order valence-electron chi connectivity index (χ1n) is 17.2. The minimum absolute atomic E-state index is 0.0292. The molecule has 11 atom stereocenters. The van der Waals surface area contributed by atoms with Crippen LogP contribution in [0.5, 0.6) is 0 Å². The molecule has 258 valence electrons. The minimum atomic E-state index is -0.958. The first-order chi connectivity index (χ1) is 21.2. The molecular weight excluding hydrogens is 576 g/mol. The van der Waals surface area contributed by atoms with E-state index in [4.69, 9.17) is 19.3 Å². The van der Waals surface area contributed by atoms with E-state index < -0.39 is 11.9 Å². The van der Waals surface area contributed by atoms with Crippen molar-refractivity contribution in [2.45, 2.75) is 142 Å². The number of esters is 1.